The summed E-state index contributed by atoms with van der Waals surface area (Å²) in [6.07, 6.45) is 17.5. The van der Waals surface area contributed by atoms with Gasteiger partial charge in [0.1, 0.15) is 54.8 Å². The average Bonchev–Trinajstić information content (AvgIpc) is 0.773. The highest BCUT2D eigenvalue weighted by Gasteiger charge is 2.55. The fourth-order valence-electron chi connectivity index (χ4n) is 15.9. The summed E-state index contributed by atoms with van der Waals surface area (Å²) in [5.74, 6) is -2.21. The molecular formula is C103H141Cl3N3O17P. The van der Waals surface area contributed by atoms with Gasteiger partial charge in [-0.15, -0.1) is 0 Å². The van der Waals surface area contributed by atoms with E-state index in [0.717, 1.165) is 105 Å². The van der Waals surface area contributed by atoms with Crippen molar-refractivity contribution in [2.75, 3.05) is 13.2 Å². The summed E-state index contributed by atoms with van der Waals surface area (Å²) < 4.78 is 103. The van der Waals surface area contributed by atoms with Gasteiger partial charge >= 0.3 is 13.8 Å². The first-order chi connectivity index (χ1) is 62.0. The minimum Gasteiger partial charge on any atom is -0.462 e. The van der Waals surface area contributed by atoms with Crippen LogP contribution >= 0.6 is 42.6 Å². The number of nitrogens with one attached hydrogen (secondary N) is 3. The monoisotopic (exact) mass is 1830 g/mol. The van der Waals surface area contributed by atoms with Crippen LogP contribution in [-0.2, 0) is 126 Å². The van der Waals surface area contributed by atoms with Gasteiger partial charge in [0.15, 0.2) is 6.29 Å². The smallest absolute Gasteiger partial charge is 0.462 e. The first-order valence-electron chi connectivity index (χ1n) is 47.0. The van der Waals surface area contributed by atoms with E-state index in [0.29, 0.717) is 36.8 Å². The standard InChI is InChI=1S/C103H141Cl3N3O17P/c1-4-7-10-13-16-19-22-25-49-66-87(115-72-81-54-37-29-38-55-81)69-91(110)109-95-98(117-74-83-58-41-31-42-59-83)96(116-73-82-56-39-30-40-57-82)90(124-101(95)125-102(107)103(104,105)106)79-119-100-94(108-92(111)70-88(67-50-26-23-20-17-14-11-8-5-2)122-93(112)68-51-27-24-21-18-15-12-9-6-3)99(118-75-84-60-43-32-44-61-84)97(89(123-100)78-114-71-80-52-35-28-36-53-80)126-127(113,120-76-85-62-45-33-46-63-85)121-77-86-64-47-34-48-65-86/h28-48,52-65,87-90,94-101,107H,4-27,49-51,66-79H2,1-3H3,(H,108,111)(H,109,110)/t87-,88-,89-,90-,94-,95-,96-,97-,98-,99-,100-,101?/m1/s1. The van der Waals surface area contributed by atoms with Gasteiger partial charge in [-0.2, -0.15) is 0 Å². The molecule has 2 aliphatic heterocycles. The van der Waals surface area contributed by atoms with E-state index < -0.39 is 109 Å². The lowest BCUT2D eigenvalue weighted by Gasteiger charge is -2.48. The molecule has 0 spiro atoms. The van der Waals surface area contributed by atoms with Gasteiger partial charge in [0, 0.05) is 6.42 Å². The Morgan fingerprint density at radius 1 is 0.386 bits per heavy atom. The predicted molar refractivity (Wildman–Crippen MR) is 502 cm³/mol. The number of phosphoric ester groups is 1. The Balaban J connectivity index is 1.13. The maximum Gasteiger partial charge on any atom is 0.475 e. The van der Waals surface area contributed by atoms with Crippen molar-refractivity contribution in [3.63, 3.8) is 0 Å². The number of carbonyl (C=O) groups is 3. The highest BCUT2D eigenvalue weighted by molar-refractivity contribution is 7.48. The van der Waals surface area contributed by atoms with Gasteiger partial charge in [-0.1, -0.05) is 428 Å². The third kappa shape index (κ3) is 40.8. The molecule has 0 radical (unpaired) electrons. The number of halogens is 3. The molecule has 2 heterocycles. The molecule has 2 saturated heterocycles. The van der Waals surface area contributed by atoms with Crippen molar-refractivity contribution in [1.82, 2.24) is 10.6 Å². The molecule has 12 atom stereocenters. The fraction of sp³-hybridized carbons (Fsp3) is 0.553. The average molecular weight is 1830 g/mol. The molecule has 0 aliphatic carbocycles. The number of hydrogen-bond acceptors (Lipinski definition) is 18. The second-order valence-electron chi connectivity index (χ2n) is 33.6. The molecule has 1 unspecified atom stereocenters. The lowest BCUT2D eigenvalue weighted by Crippen LogP contribution is -2.68. The largest absolute Gasteiger partial charge is 0.475 e. The lowest BCUT2D eigenvalue weighted by molar-refractivity contribution is -0.307. The number of phosphoric acid groups is 1. The molecule has 2 amide bonds. The second-order valence-corrected chi connectivity index (χ2v) is 37.5. The van der Waals surface area contributed by atoms with Crippen LogP contribution in [0.2, 0.25) is 0 Å². The number of esters is 1. The van der Waals surface area contributed by atoms with Crippen molar-refractivity contribution in [3.05, 3.63) is 251 Å². The SMILES string of the molecule is CCCCCCCCCCCC(=O)O[C@H](CCCCCCCCCCC)CC(=O)N[C@H]1[C@H](OC[C@H]2OC(OC(=N)C(Cl)(Cl)Cl)[C@H](NC(=O)C[C@@H](CCCCCCCCCCC)OCc3ccccc3)[C@@H](OCc3ccccc3)[C@@H]2OCc2ccccc2)O[C@H](COCc2ccccc2)[C@@H](OP(=O)(OCc2ccccc2)OCc2ccccc2)[C@@H]1OCc1ccccc1. The van der Waals surface area contributed by atoms with Gasteiger partial charge in [-0.05, 0) is 64.6 Å². The van der Waals surface area contributed by atoms with Gasteiger partial charge in [-0.25, -0.2) is 4.57 Å². The van der Waals surface area contributed by atoms with Crippen LogP contribution in [0.1, 0.15) is 265 Å². The molecule has 2 fully saturated rings. The molecule has 0 bridgehead atoms. The fourth-order valence-corrected chi connectivity index (χ4v) is 17.4. The third-order valence-corrected chi connectivity index (χ3v) is 24.9. The van der Waals surface area contributed by atoms with Gasteiger partial charge in [0.25, 0.3) is 3.79 Å². The summed E-state index contributed by atoms with van der Waals surface area (Å²) >= 11 is 19.7. The van der Waals surface area contributed by atoms with Crippen LogP contribution in [0.5, 0.6) is 0 Å². The maximum absolute atomic E-state index is 16.2. The second kappa shape index (κ2) is 60.9. The van der Waals surface area contributed by atoms with E-state index in [4.69, 9.17) is 95.7 Å². The van der Waals surface area contributed by atoms with Gasteiger partial charge in [0.05, 0.1) is 78.4 Å². The molecule has 0 saturated carbocycles. The number of carbonyl (C=O) groups excluding carboxylic acids is 3. The van der Waals surface area contributed by atoms with Crippen LogP contribution in [0.3, 0.4) is 0 Å². The summed E-state index contributed by atoms with van der Waals surface area (Å²) in [6.45, 7) is 5.71. The minimum absolute atomic E-state index is 0.0164. The van der Waals surface area contributed by atoms with Crippen LogP contribution in [0, 0.1) is 5.41 Å². The van der Waals surface area contributed by atoms with Crippen molar-refractivity contribution >= 4 is 66.3 Å². The number of amides is 2. The summed E-state index contributed by atoms with van der Waals surface area (Å²) in [5, 5.41) is 15.8. The van der Waals surface area contributed by atoms with Crippen molar-refractivity contribution in [3.8, 4) is 0 Å². The Morgan fingerprint density at radius 2 is 0.717 bits per heavy atom. The quantitative estimate of drug-likeness (QED) is 0.00802. The van der Waals surface area contributed by atoms with E-state index >= 15 is 14.2 Å². The van der Waals surface area contributed by atoms with Crippen LogP contribution in [0.15, 0.2) is 212 Å². The number of ether oxygens (including phenoxy) is 10. The van der Waals surface area contributed by atoms with Crippen LogP contribution in [-0.4, -0.2) is 114 Å². The molecule has 7 aromatic carbocycles. The van der Waals surface area contributed by atoms with Crippen molar-refractivity contribution < 1.29 is 79.9 Å². The highest BCUT2D eigenvalue weighted by Crippen LogP contribution is 2.54. The molecule has 7 aromatic rings. The van der Waals surface area contributed by atoms with Gasteiger partial charge in [0.2, 0.25) is 24.0 Å². The first-order valence-corrected chi connectivity index (χ1v) is 49.6. The Bertz CT molecular complexity index is 4070. The molecule has 3 N–H and O–H groups in total. The van der Waals surface area contributed by atoms with E-state index in [1.54, 1.807) is 0 Å². The molecule has 9 rings (SSSR count). The topological polar surface area (TPSA) is 236 Å². The molecular weight excluding hydrogens is 1690 g/mol. The van der Waals surface area contributed by atoms with E-state index in [9.17, 15) is 10.2 Å². The maximum atomic E-state index is 16.2. The van der Waals surface area contributed by atoms with Gasteiger partial charge in [-0.3, -0.25) is 33.4 Å². The number of hydrogen-bond donors (Lipinski definition) is 3. The third-order valence-electron chi connectivity index (χ3n) is 23.0. The molecule has 2 aliphatic rings. The van der Waals surface area contributed by atoms with E-state index in [-0.39, 0.29) is 78.1 Å². The summed E-state index contributed by atoms with van der Waals surface area (Å²) in [7, 11) is -4.82. The molecule has 20 nitrogen and oxygen atoms in total. The predicted octanol–water partition coefficient (Wildman–Crippen LogP) is 24.7. The Labute approximate surface area is 771 Å². The molecule has 0 aromatic heterocycles. The van der Waals surface area contributed by atoms with E-state index in [2.05, 4.69) is 31.4 Å². The number of benzene rings is 7. The molecule has 127 heavy (non-hydrogen) atoms. The van der Waals surface area contributed by atoms with Crippen molar-refractivity contribution in [2.45, 2.75) is 350 Å². The zero-order valence-electron chi connectivity index (χ0n) is 75.1. The minimum atomic E-state index is -4.82. The zero-order valence-corrected chi connectivity index (χ0v) is 78.3. The number of unbranched alkanes of at least 4 members (excludes halogenated alkanes) is 24. The molecule has 696 valence electrons. The summed E-state index contributed by atoms with van der Waals surface area (Å²) in [5.41, 5.74) is 5.41. The first kappa shape index (κ1) is 104. The van der Waals surface area contributed by atoms with Crippen molar-refractivity contribution in [2.24, 2.45) is 0 Å². The Morgan fingerprint density at radius 3 is 1.13 bits per heavy atom. The summed E-state index contributed by atoms with van der Waals surface area (Å²) in [4.78, 5) is 45.6. The summed E-state index contributed by atoms with van der Waals surface area (Å²) in [6, 6.07) is 63.6. The number of alkyl halides is 3. The van der Waals surface area contributed by atoms with Crippen LogP contribution < -0.4 is 10.6 Å². The Kier molecular flexibility index (Phi) is 49.8. The highest BCUT2D eigenvalue weighted by atomic mass is 35.6. The van der Waals surface area contributed by atoms with E-state index in [1.165, 1.54) is 83.5 Å². The number of rotatable bonds is 65. The van der Waals surface area contributed by atoms with Crippen LogP contribution in [0.25, 0.3) is 0 Å². The molecule has 24 heteroatoms. The van der Waals surface area contributed by atoms with Crippen LogP contribution in [0.4, 0.5) is 0 Å². The lowest BCUT2D eigenvalue weighted by atomic mass is 9.94. The van der Waals surface area contributed by atoms with Crippen molar-refractivity contribution in [1.29, 1.82) is 5.41 Å². The zero-order chi connectivity index (χ0) is 89.6. The Hall–Kier alpha value is -6.92. The van der Waals surface area contributed by atoms with E-state index in [1.807, 2.05) is 212 Å². The normalized spacial score (nSPS) is 19.4. The van der Waals surface area contributed by atoms with Gasteiger partial charge < -0.3 is 58.0 Å².